The number of benzene rings is 1. The Morgan fingerprint density at radius 1 is 1.10 bits per heavy atom. The van der Waals surface area contributed by atoms with Crippen LogP contribution in [-0.4, -0.2) is 30.5 Å². The summed E-state index contributed by atoms with van der Waals surface area (Å²) >= 11 is 5.86. The zero-order valence-electron chi connectivity index (χ0n) is 11.7. The van der Waals surface area contributed by atoms with E-state index < -0.39 is 0 Å². The molecule has 0 bridgehead atoms. The maximum absolute atomic E-state index is 6.06. The van der Waals surface area contributed by atoms with E-state index in [4.69, 9.17) is 17.3 Å². The molecule has 1 heterocycles. The fourth-order valence-electron chi connectivity index (χ4n) is 2.35. The van der Waals surface area contributed by atoms with Crippen molar-refractivity contribution in [3.63, 3.8) is 0 Å². The molecule has 20 heavy (non-hydrogen) atoms. The largest absolute Gasteiger partial charge is 0.370 e. The molecule has 0 spiro atoms. The van der Waals surface area contributed by atoms with Crippen LogP contribution in [0.25, 0.3) is 0 Å². The Bertz CT molecular complexity index is 412. The smallest absolute Gasteiger partial charge is 0.191 e. The number of likely N-dealkylation sites (tertiary alicyclic amines) is 1. The van der Waals surface area contributed by atoms with E-state index in [2.05, 4.69) is 9.89 Å². The second-order valence-corrected chi connectivity index (χ2v) is 5.45. The Kier molecular flexibility index (Phi) is 8.30. The average Bonchev–Trinajstić information content (AvgIpc) is 2.70. The minimum absolute atomic E-state index is 0. The van der Waals surface area contributed by atoms with E-state index >= 15 is 0 Å². The third-order valence-corrected chi connectivity index (χ3v) is 3.77. The summed E-state index contributed by atoms with van der Waals surface area (Å²) in [5.74, 6) is 0.705. The fourth-order valence-corrected chi connectivity index (χ4v) is 2.48. The summed E-state index contributed by atoms with van der Waals surface area (Å²) in [7, 11) is 0. The number of rotatable bonds is 3. The summed E-state index contributed by atoms with van der Waals surface area (Å²) in [6.07, 6.45) is 6.00. The number of aliphatic imine (C=N–C) groups is 1. The van der Waals surface area contributed by atoms with E-state index in [1.54, 1.807) is 0 Å². The van der Waals surface area contributed by atoms with Crippen molar-refractivity contribution in [2.45, 2.75) is 32.1 Å². The van der Waals surface area contributed by atoms with Gasteiger partial charge in [0.1, 0.15) is 0 Å². The summed E-state index contributed by atoms with van der Waals surface area (Å²) < 4.78 is 0. The van der Waals surface area contributed by atoms with Crippen LogP contribution < -0.4 is 5.73 Å². The van der Waals surface area contributed by atoms with E-state index in [0.717, 1.165) is 31.1 Å². The number of hydrogen-bond acceptors (Lipinski definition) is 1. The van der Waals surface area contributed by atoms with Crippen LogP contribution in [-0.2, 0) is 6.42 Å². The number of guanidine groups is 1. The molecule has 3 nitrogen and oxygen atoms in total. The lowest BCUT2D eigenvalue weighted by molar-refractivity contribution is 0.428. The third-order valence-electron chi connectivity index (χ3n) is 3.52. The Balaban J connectivity index is 0.00000200. The lowest BCUT2D eigenvalue weighted by Gasteiger charge is -2.21. The van der Waals surface area contributed by atoms with Gasteiger partial charge in [0.25, 0.3) is 0 Å². The van der Waals surface area contributed by atoms with Gasteiger partial charge in [-0.05, 0) is 37.0 Å². The predicted molar refractivity (Wildman–Crippen MR) is 97.1 cm³/mol. The van der Waals surface area contributed by atoms with E-state index in [1.165, 1.54) is 31.2 Å². The quantitative estimate of drug-likeness (QED) is 0.472. The molecule has 0 radical (unpaired) electrons. The average molecular weight is 408 g/mol. The highest BCUT2D eigenvalue weighted by Gasteiger charge is 2.10. The van der Waals surface area contributed by atoms with Crippen LogP contribution in [0.15, 0.2) is 29.3 Å². The van der Waals surface area contributed by atoms with Gasteiger partial charge in [-0.1, -0.05) is 36.6 Å². The molecule has 0 amide bonds. The van der Waals surface area contributed by atoms with Gasteiger partial charge in [0.05, 0.1) is 0 Å². The van der Waals surface area contributed by atoms with Gasteiger partial charge in [0.2, 0.25) is 0 Å². The van der Waals surface area contributed by atoms with Gasteiger partial charge < -0.3 is 10.6 Å². The maximum atomic E-state index is 6.06. The predicted octanol–water partition coefficient (Wildman–Crippen LogP) is 3.69. The summed E-state index contributed by atoms with van der Waals surface area (Å²) in [5.41, 5.74) is 7.31. The van der Waals surface area contributed by atoms with Crippen molar-refractivity contribution in [3.05, 3.63) is 34.9 Å². The molecule has 1 aromatic rings. The van der Waals surface area contributed by atoms with E-state index in [-0.39, 0.29) is 24.0 Å². The van der Waals surface area contributed by atoms with Gasteiger partial charge in [0.15, 0.2) is 5.96 Å². The lowest BCUT2D eigenvalue weighted by atomic mass is 10.1. The van der Waals surface area contributed by atoms with Crippen LogP contribution in [0.1, 0.15) is 31.2 Å². The van der Waals surface area contributed by atoms with Crippen LogP contribution in [0.4, 0.5) is 0 Å². The zero-order valence-corrected chi connectivity index (χ0v) is 14.8. The molecule has 0 aliphatic carbocycles. The van der Waals surface area contributed by atoms with Gasteiger partial charge in [0, 0.05) is 24.7 Å². The van der Waals surface area contributed by atoms with E-state index in [1.807, 2.05) is 24.3 Å². The highest BCUT2D eigenvalue weighted by Crippen LogP contribution is 2.11. The minimum Gasteiger partial charge on any atom is -0.370 e. The standard InChI is InChI=1S/C15H22ClN3.HI/c16-14-7-5-13(6-8-14)9-10-18-15(17)19-11-3-1-2-4-12-19;/h5-8H,1-4,9-12H2,(H2,17,18);1H. The van der Waals surface area contributed by atoms with Crippen molar-refractivity contribution in [2.75, 3.05) is 19.6 Å². The summed E-state index contributed by atoms with van der Waals surface area (Å²) in [6.45, 7) is 2.84. The fraction of sp³-hybridized carbons (Fsp3) is 0.533. The van der Waals surface area contributed by atoms with Crippen LogP contribution in [0.3, 0.4) is 0 Å². The Labute approximate surface area is 143 Å². The zero-order chi connectivity index (χ0) is 13.5. The molecule has 1 aliphatic heterocycles. The number of nitrogens with zero attached hydrogens (tertiary/aromatic N) is 2. The molecule has 1 saturated heterocycles. The number of halogens is 2. The molecule has 112 valence electrons. The first-order chi connectivity index (χ1) is 9.25. The van der Waals surface area contributed by atoms with Crippen LogP contribution >= 0.6 is 35.6 Å². The molecule has 5 heteroatoms. The molecule has 0 saturated carbocycles. The first-order valence-electron chi connectivity index (χ1n) is 7.05. The second kappa shape index (κ2) is 9.45. The molecular formula is C15H23ClIN3. The third kappa shape index (κ3) is 5.87. The van der Waals surface area contributed by atoms with Gasteiger partial charge >= 0.3 is 0 Å². The lowest BCUT2D eigenvalue weighted by Crippen LogP contribution is -2.38. The van der Waals surface area contributed by atoms with Crippen LogP contribution in [0, 0.1) is 0 Å². The summed E-state index contributed by atoms with van der Waals surface area (Å²) in [6, 6.07) is 7.91. The van der Waals surface area contributed by atoms with Crippen molar-refractivity contribution in [1.29, 1.82) is 0 Å². The van der Waals surface area contributed by atoms with Crippen LogP contribution in [0.2, 0.25) is 5.02 Å². The highest BCUT2D eigenvalue weighted by atomic mass is 127. The maximum Gasteiger partial charge on any atom is 0.191 e. The number of hydrogen-bond donors (Lipinski definition) is 1. The SMILES string of the molecule is I.NC(=NCCc1ccc(Cl)cc1)N1CCCCCC1. The normalized spacial score (nSPS) is 16.4. The summed E-state index contributed by atoms with van der Waals surface area (Å²) in [4.78, 5) is 6.71. The molecule has 2 rings (SSSR count). The van der Waals surface area contributed by atoms with Gasteiger partial charge in [-0.25, -0.2) is 0 Å². The molecule has 1 fully saturated rings. The molecule has 2 N–H and O–H groups in total. The Morgan fingerprint density at radius 3 is 2.30 bits per heavy atom. The van der Waals surface area contributed by atoms with Gasteiger partial charge in [-0.15, -0.1) is 24.0 Å². The second-order valence-electron chi connectivity index (χ2n) is 5.02. The molecule has 1 aliphatic rings. The minimum atomic E-state index is 0. The highest BCUT2D eigenvalue weighted by molar-refractivity contribution is 14.0. The first kappa shape index (κ1) is 17.6. The topological polar surface area (TPSA) is 41.6 Å². The molecule has 0 unspecified atom stereocenters. The van der Waals surface area contributed by atoms with Crippen molar-refractivity contribution >= 4 is 41.5 Å². The van der Waals surface area contributed by atoms with Crippen LogP contribution in [0.5, 0.6) is 0 Å². The molecule has 0 aromatic heterocycles. The molecule has 1 aromatic carbocycles. The van der Waals surface area contributed by atoms with Crippen molar-refractivity contribution < 1.29 is 0 Å². The van der Waals surface area contributed by atoms with E-state index in [9.17, 15) is 0 Å². The monoisotopic (exact) mass is 407 g/mol. The van der Waals surface area contributed by atoms with Gasteiger partial charge in [-0.3, -0.25) is 4.99 Å². The van der Waals surface area contributed by atoms with E-state index in [0.29, 0.717) is 5.96 Å². The molecular weight excluding hydrogens is 385 g/mol. The van der Waals surface area contributed by atoms with Crippen molar-refractivity contribution in [1.82, 2.24) is 4.90 Å². The summed E-state index contributed by atoms with van der Waals surface area (Å²) in [5, 5.41) is 0.774. The van der Waals surface area contributed by atoms with Crippen molar-refractivity contribution in [2.24, 2.45) is 10.7 Å². The Morgan fingerprint density at radius 2 is 1.70 bits per heavy atom. The van der Waals surface area contributed by atoms with Gasteiger partial charge in [-0.2, -0.15) is 0 Å². The van der Waals surface area contributed by atoms with Crippen molar-refractivity contribution in [3.8, 4) is 0 Å². The molecule has 0 atom stereocenters. The Hall–Kier alpha value is -0.490. The first-order valence-corrected chi connectivity index (χ1v) is 7.43. The number of nitrogens with two attached hydrogens (primary N) is 1.